The van der Waals surface area contributed by atoms with Crippen LogP contribution < -0.4 is 0 Å². The first-order valence-electron chi connectivity index (χ1n) is 6.45. The molecule has 114 valence electrons. The molecule has 0 spiro atoms. The van der Waals surface area contributed by atoms with Gasteiger partial charge in [-0.05, 0) is 6.92 Å². The van der Waals surface area contributed by atoms with Gasteiger partial charge in [-0.15, -0.1) is 0 Å². The molecular formula is C13H22ClN3O3. The number of hydrogen-bond acceptors (Lipinski definition) is 5. The van der Waals surface area contributed by atoms with E-state index in [9.17, 15) is 4.79 Å². The second-order valence-electron chi connectivity index (χ2n) is 4.56. The number of methoxy groups -OCH3 is 2. The van der Waals surface area contributed by atoms with E-state index in [0.717, 1.165) is 11.4 Å². The van der Waals surface area contributed by atoms with Crippen LogP contribution >= 0.6 is 11.6 Å². The van der Waals surface area contributed by atoms with Gasteiger partial charge in [0.1, 0.15) is 0 Å². The number of rotatable bonds is 8. The molecule has 0 aromatic carbocycles. The van der Waals surface area contributed by atoms with Gasteiger partial charge in [0.25, 0.3) is 0 Å². The van der Waals surface area contributed by atoms with Gasteiger partial charge in [-0.1, -0.05) is 11.6 Å². The average molecular weight is 304 g/mol. The van der Waals surface area contributed by atoms with Crippen molar-refractivity contribution in [3.8, 4) is 0 Å². The van der Waals surface area contributed by atoms with Crippen LogP contribution in [0.25, 0.3) is 0 Å². The molecular weight excluding hydrogens is 282 g/mol. The van der Waals surface area contributed by atoms with Gasteiger partial charge in [0.2, 0.25) is 0 Å². The van der Waals surface area contributed by atoms with Crippen molar-refractivity contribution in [2.45, 2.75) is 19.9 Å². The number of carbonyl (C=O) groups is 1. The minimum Gasteiger partial charge on any atom is -0.469 e. The van der Waals surface area contributed by atoms with Crippen LogP contribution in [0.3, 0.4) is 0 Å². The highest BCUT2D eigenvalue weighted by Crippen LogP contribution is 2.21. The van der Waals surface area contributed by atoms with Crippen molar-refractivity contribution in [1.29, 1.82) is 0 Å². The Kier molecular flexibility index (Phi) is 6.98. The van der Waals surface area contributed by atoms with Crippen molar-refractivity contribution in [3.63, 3.8) is 0 Å². The average Bonchev–Trinajstić information content (AvgIpc) is 2.67. The summed E-state index contributed by atoms with van der Waals surface area (Å²) in [6, 6.07) is 0. The maximum atomic E-state index is 11.3. The molecule has 7 heteroatoms. The van der Waals surface area contributed by atoms with Crippen LogP contribution in [-0.2, 0) is 27.9 Å². The summed E-state index contributed by atoms with van der Waals surface area (Å²) in [6.07, 6.45) is 0.342. The Bertz CT molecular complexity index is 448. The van der Waals surface area contributed by atoms with Gasteiger partial charge in [-0.2, -0.15) is 5.10 Å². The molecule has 0 aliphatic carbocycles. The second kappa shape index (κ2) is 8.24. The van der Waals surface area contributed by atoms with Crippen LogP contribution in [0.15, 0.2) is 0 Å². The Balaban J connectivity index is 2.70. The van der Waals surface area contributed by atoms with Crippen LogP contribution in [0.2, 0.25) is 5.02 Å². The fourth-order valence-electron chi connectivity index (χ4n) is 1.91. The van der Waals surface area contributed by atoms with E-state index in [0.29, 0.717) is 37.7 Å². The van der Waals surface area contributed by atoms with E-state index in [-0.39, 0.29) is 5.97 Å². The quantitative estimate of drug-likeness (QED) is 0.679. The highest BCUT2D eigenvalue weighted by Gasteiger charge is 2.16. The Morgan fingerprint density at radius 3 is 2.60 bits per heavy atom. The molecule has 0 atom stereocenters. The van der Waals surface area contributed by atoms with Crippen LogP contribution in [-0.4, -0.2) is 54.6 Å². The maximum absolute atomic E-state index is 11.3. The molecule has 1 rings (SSSR count). The first-order chi connectivity index (χ1) is 9.49. The van der Waals surface area contributed by atoms with E-state index in [4.69, 9.17) is 16.3 Å². The summed E-state index contributed by atoms with van der Waals surface area (Å²) in [6.45, 7) is 4.40. The van der Waals surface area contributed by atoms with Crippen molar-refractivity contribution in [2.24, 2.45) is 7.05 Å². The fraction of sp³-hybridized carbons (Fsp3) is 0.692. The molecule has 0 bridgehead atoms. The summed E-state index contributed by atoms with van der Waals surface area (Å²) in [5, 5.41) is 4.96. The van der Waals surface area contributed by atoms with E-state index in [1.807, 2.05) is 14.0 Å². The zero-order valence-corrected chi connectivity index (χ0v) is 13.2. The van der Waals surface area contributed by atoms with Crippen LogP contribution in [0.4, 0.5) is 0 Å². The lowest BCUT2D eigenvalue weighted by Crippen LogP contribution is -2.30. The third kappa shape index (κ3) is 4.77. The van der Waals surface area contributed by atoms with E-state index in [2.05, 4.69) is 14.7 Å². The first-order valence-corrected chi connectivity index (χ1v) is 6.83. The number of ether oxygens (including phenoxy) is 2. The summed E-state index contributed by atoms with van der Waals surface area (Å²) in [5.41, 5.74) is 1.74. The Labute approximate surface area is 124 Å². The number of esters is 1. The summed E-state index contributed by atoms with van der Waals surface area (Å²) in [7, 11) is 4.91. The lowest BCUT2D eigenvalue weighted by molar-refractivity contribution is -0.141. The van der Waals surface area contributed by atoms with E-state index >= 15 is 0 Å². The molecule has 1 aromatic heterocycles. The van der Waals surface area contributed by atoms with Crippen LogP contribution in [0.5, 0.6) is 0 Å². The molecule has 0 radical (unpaired) electrons. The van der Waals surface area contributed by atoms with Gasteiger partial charge in [-0.3, -0.25) is 14.4 Å². The minimum atomic E-state index is -0.222. The topological polar surface area (TPSA) is 56.6 Å². The second-order valence-corrected chi connectivity index (χ2v) is 4.94. The number of nitrogens with zero attached hydrogens (tertiary/aromatic N) is 3. The normalized spacial score (nSPS) is 11.1. The molecule has 0 saturated heterocycles. The number of carbonyl (C=O) groups excluding carboxylic acids is 1. The summed E-state index contributed by atoms with van der Waals surface area (Å²) >= 11 is 6.25. The molecule has 0 unspecified atom stereocenters. The van der Waals surface area contributed by atoms with Crippen molar-refractivity contribution >= 4 is 17.6 Å². The fourth-order valence-corrected chi connectivity index (χ4v) is 2.13. The lowest BCUT2D eigenvalue weighted by Gasteiger charge is -2.21. The third-order valence-corrected chi connectivity index (χ3v) is 3.60. The van der Waals surface area contributed by atoms with Crippen molar-refractivity contribution in [1.82, 2.24) is 14.7 Å². The largest absolute Gasteiger partial charge is 0.469 e. The van der Waals surface area contributed by atoms with Crippen LogP contribution in [0, 0.1) is 6.92 Å². The van der Waals surface area contributed by atoms with E-state index < -0.39 is 0 Å². The molecule has 1 heterocycles. The van der Waals surface area contributed by atoms with Gasteiger partial charge in [-0.25, -0.2) is 0 Å². The van der Waals surface area contributed by atoms with Crippen molar-refractivity contribution in [2.75, 3.05) is 33.9 Å². The smallest absolute Gasteiger partial charge is 0.306 e. The predicted molar refractivity (Wildman–Crippen MR) is 76.7 cm³/mol. The van der Waals surface area contributed by atoms with Gasteiger partial charge in [0.15, 0.2) is 0 Å². The SMILES string of the molecule is COCCN(CCC(=O)OC)Cc1c(Cl)c(C)nn1C. The molecule has 0 aliphatic rings. The Morgan fingerprint density at radius 1 is 1.40 bits per heavy atom. The number of halogens is 1. The highest BCUT2D eigenvalue weighted by molar-refractivity contribution is 6.31. The molecule has 0 fully saturated rings. The molecule has 6 nitrogen and oxygen atoms in total. The Morgan fingerprint density at radius 2 is 2.10 bits per heavy atom. The van der Waals surface area contributed by atoms with Gasteiger partial charge in [0, 0.05) is 33.8 Å². The monoisotopic (exact) mass is 303 g/mol. The zero-order valence-electron chi connectivity index (χ0n) is 12.5. The predicted octanol–water partition coefficient (Wildman–Crippen LogP) is 1.39. The molecule has 0 aliphatic heterocycles. The van der Waals surface area contributed by atoms with E-state index in [1.165, 1.54) is 7.11 Å². The van der Waals surface area contributed by atoms with Gasteiger partial charge in [0.05, 0.1) is 36.5 Å². The van der Waals surface area contributed by atoms with Crippen LogP contribution in [0.1, 0.15) is 17.8 Å². The number of aryl methyl sites for hydroxylation is 2. The molecule has 0 N–H and O–H groups in total. The lowest BCUT2D eigenvalue weighted by atomic mass is 10.3. The number of hydrogen-bond donors (Lipinski definition) is 0. The van der Waals surface area contributed by atoms with Gasteiger partial charge < -0.3 is 9.47 Å². The van der Waals surface area contributed by atoms with E-state index in [1.54, 1.807) is 11.8 Å². The summed E-state index contributed by atoms with van der Waals surface area (Å²) in [5.74, 6) is -0.222. The summed E-state index contributed by atoms with van der Waals surface area (Å²) < 4.78 is 11.5. The molecule has 1 aromatic rings. The minimum absolute atomic E-state index is 0.222. The maximum Gasteiger partial charge on any atom is 0.306 e. The van der Waals surface area contributed by atoms with Gasteiger partial charge >= 0.3 is 5.97 Å². The Hall–Kier alpha value is -1.11. The third-order valence-electron chi connectivity index (χ3n) is 3.11. The zero-order chi connectivity index (χ0) is 15.1. The number of aromatic nitrogens is 2. The highest BCUT2D eigenvalue weighted by atomic mass is 35.5. The molecule has 20 heavy (non-hydrogen) atoms. The van der Waals surface area contributed by atoms with Crippen molar-refractivity contribution < 1.29 is 14.3 Å². The van der Waals surface area contributed by atoms with Crippen molar-refractivity contribution in [3.05, 3.63) is 16.4 Å². The summed E-state index contributed by atoms with van der Waals surface area (Å²) in [4.78, 5) is 13.4. The standard InChI is InChI=1S/C13H22ClN3O3/c1-10-13(14)11(16(2)15-10)9-17(7-8-19-3)6-5-12(18)20-4/h5-9H2,1-4H3. The molecule has 0 saturated carbocycles. The first kappa shape index (κ1) is 16.9. The molecule has 0 amide bonds.